The zero-order valence-corrected chi connectivity index (χ0v) is 15.4. The van der Waals surface area contributed by atoms with Crippen molar-refractivity contribution in [3.63, 3.8) is 0 Å². The van der Waals surface area contributed by atoms with Crippen molar-refractivity contribution in [1.82, 2.24) is 4.90 Å². The van der Waals surface area contributed by atoms with Gasteiger partial charge in [-0.1, -0.05) is 48.2 Å². The average Bonchev–Trinajstić information content (AvgIpc) is 2.90. The molecule has 0 aliphatic carbocycles. The number of nitro benzene ring substituents is 1. The van der Waals surface area contributed by atoms with Crippen molar-refractivity contribution in [2.45, 2.75) is 6.54 Å². The van der Waals surface area contributed by atoms with Crippen molar-refractivity contribution in [3.8, 4) is 5.75 Å². The van der Waals surface area contributed by atoms with E-state index in [0.717, 1.165) is 11.3 Å². The van der Waals surface area contributed by atoms with Crippen LogP contribution in [-0.2, 0) is 11.3 Å². The van der Waals surface area contributed by atoms with Crippen LogP contribution in [0.1, 0.15) is 11.1 Å². The number of rotatable bonds is 5. The third kappa shape index (κ3) is 3.92. The van der Waals surface area contributed by atoms with Gasteiger partial charge in [0.1, 0.15) is 10.1 Å². The summed E-state index contributed by atoms with van der Waals surface area (Å²) in [7, 11) is 1.59. The highest BCUT2D eigenvalue weighted by molar-refractivity contribution is 8.26. The molecule has 0 aromatic heterocycles. The third-order valence-electron chi connectivity index (χ3n) is 3.75. The van der Waals surface area contributed by atoms with E-state index in [-0.39, 0.29) is 11.6 Å². The fourth-order valence-electron chi connectivity index (χ4n) is 2.43. The first-order chi connectivity index (χ1) is 12.5. The number of nitrogens with zero attached hydrogens (tertiary/aromatic N) is 2. The molecular weight excluding hydrogens is 372 g/mol. The maximum Gasteiger partial charge on any atom is 0.270 e. The van der Waals surface area contributed by atoms with Crippen LogP contribution in [0.4, 0.5) is 5.69 Å². The maximum atomic E-state index is 12.7. The van der Waals surface area contributed by atoms with Crippen LogP contribution < -0.4 is 4.74 Å². The van der Waals surface area contributed by atoms with Gasteiger partial charge in [0.05, 0.1) is 23.5 Å². The Morgan fingerprint density at radius 2 is 2.00 bits per heavy atom. The van der Waals surface area contributed by atoms with E-state index >= 15 is 0 Å². The monoisotopic (exact) mass is 386 g/mol. The van der Waals surface area contributed by atoms with Gasteiger partial charge in [-0.2, -0.15) is 0 Å². The smallest absolute Gasteiger partial charge is 0.270 e. The number of thioether (sulfide) groups is 1. The first-order valence-electron chi connectivity index (χ1n) is 7.60. The molecule has 8 heteroatoms. The van der Waals surface area contributed by atoms with Gasteiger partial charge >= 0.3 is 0 Å². The molecule has 1 aliphatic rings. The molecule has 0 spiro atoms. The minimum atomic E-state index is -0.466. The van der Waals surface area contributed by atoms with Crippen molar-refractivity contribution < 1.29 is 14.5 Å². The number of benzene rings is 2. The highest BCUT2D eigenvalue weighted by Gasteiger charge is 2.32. The molecule has 1 fully saturated rings. The Hall–Kier alpha value is -2.71. The number of nitro groups is 1. The molecule has 6 nitrogen and oxygen atoms in total. The molecule has 3 rings (SSSR count). The maximum absolute atomic E-state index is 12.7. The minimum Gasteiger partial charge on any atom is -0.497 e. The Labute approximate surface area is 159 Å². The molecule has 0 radical (unpaired) electrons. The fourth-order valence-corrected chi connectivity index (χ4v) is 3.68. The van der Waals surface area contributed by atoms with E-state index in [1.807, 2.05) is 24.3 Å². The van der Waals surface area contributed by atoms with Crippen LogP contribution in [0.2, 0.25) is 0 Å². The van der Waals surface area contributed by atoms with Gasteiger partial charge in [0.2, 0.25) is 0 Å². The number of carbonyl (C=O) groups is 1. The summed E-state index contributed by atoms with van der Waals surface area (Å²) in [6, 6.07) is 13.5. The van der Waals surface area contributed by atoms with Crippen molar-refractivity contribution in [2.75, 3.05) is 7.11 Å². The van der Waals surface area contributed by atoms with Gasteiger partial charge in [0.15, 0.2) is 0 Å². The molecule has 1 aliphatic heterocycles. The molecule has 0 atom stereocenters. The predicted molar refractivity (Wildman–Crippen MR) is 105 cm³/mol. The van der Waals surface area contributed by atoms with Crippen molar-refractivity contribution in [2.24, 2.45) is 0 Å². The second-order valence-electron chi connectivity index (χ2n) is 5.47. The van der Waals surface area contributed by atoms with E-state index in [4.69, 9.17) is 17.0 Å². The van der Waals surface area contributed by atoms with Crippen LogP contribution in [0.5, 0.6) is 5.75 Å². The van der Waals surface area contributed by atoms with Crippen LogP contribution in [0.25, 0.3) is 6.08 Å². The summed E-state index contributed by atoms with van der Waals surface area (Å²) in [5.74, 6) is 0.534. The number of methoxy groups -OCH3 is 1. The quantitative estimate of drug-likeness (QED) is 0.335. The molecule has 1 saturated heterocycles. The lowest BCUT2D eigenvalue weighted by molar-refractivity contribution is -0.384. The Bertz CT molecular complexity index is 910. The van der Waals surface area contributed by atoms with Crippen LogP contribution in [-0.4, -0.2) is 27.2 Å². The van der Waals surface area contributed by atoms with Gasteiger partial charge in [-0.25, -0.2) is 0 Å². The van der Waals surface area contributed by atoms with Crippen LogP contribution in [0.15, 0.2) is 53.4 Å². The molecule has 0 saturated carbocycles. The summed E-state index contributed by atoms with van der Waals surface area (Å²) < 4.78 is 5.58. The number of thiocarbonyl (C=S) groups is 1. The Kier molecular flexibility index (Phi) is 5.34. The third-order valence-corrected chi connectivity index (χ3v) is 5.13. The highest BCUT2D eigenvalue weighted by atomic mass is 32.2. The lowest BCUT2D eigenvalue weighted by atomic mass is 10.2. The van der Waals surface area contributed by atoms with E-state index in [1.165, 1.54) is 28.8 Å². The van der Waals surface area contributed by atoms with Gasteiger partial charge in [-0.05, 0) is 29.3 Å². The topological polar surface area (TPSA) is 72.7 Å². The van der Waals surface area contributed by atoms with Gasteiger partial charge in [-0.15, -0.1) is 0 Å². The van der Waals surface area contributed by atoms with Crippen molar-refractivity contribution in [1.29, 1.82) is 0 Å². The van der Waals surface area contributed by atoms with E-state index in [0.29, 0.717) is 21.3 Å². The Morgan fingerprint density at radius 3 is 2.65 bits per heavy atom. The molecular formula is C18H14N2O4S2. The molecule has 0 unspecified atom stereocenters. The Balaban J connectivity index is 1.79. The second kappa shape index (κ2) is 7.67. The van der Waals surface area contributed by atoms with E-state index < -0.39 is 4.92 Å². The minimum absolute atomic E-state index is 0.0209. The average molecular weight is 386 g/mol. The van der Waals surface area contributed by atoms with Gasteiger partial charge < -0.3 is 4.74 Å². The number of amides is 1. The first kappa shape index (κ1) is 18.1. The largest absolute Gasteiger partial charge is 0.497 e. The predicted octanol–water partition coefficient (Wildman–Crippen LogP) is 4.00. The van der Waals surface area contributed by atoms with Crippen LogP contribution in [0, 0.1) is 10.1 Å². The summed E-state index contributed by atoms with van der Waals surface area (Å²) in [4.78, 5) is 25.0. The van der Waals surface area contributed by atoms with Gasteiger partial charge in [0, 0.05) is 12.1 Å². The summed E-state index contributed by atoms with van der Waals surface area (Å²) in [6.07, 6.45) is 1.63. The molecule has 0 bridgehead atoms. The molecule has 2 aromatic rings. The van der Waals surface area contributed by atoms with E-state index in [2.05, 4.69) is 0 Å². The summed E-state index contributed by atoms with van der Waals surface area (Å²) in [6.45, 7) is 0.362. The van der Waals surface area contributed by atoms with Crippen LogP contribution >= 0.6 is 24.0 Å². The van der Waals surface area contributed by atoms with Crippen LogP contribution in [0.3, 0.4) is 0 Å². The second-order valence-corrected chi connectivity index (χ2v) is 7.14. The standard InChI is InChI=1S/C18H14N2O4S2/c1-24-15-7-5-12(6-8-15)11-19-17(21)16(26-18(19)25)10-13-3-2-4-14(9-13)20(22)23/h2-10H,11H2,1H3. The summed E-state index contributed by atoms with van der Waals surface area (Å²) in [5, 5.41) is 10.9. The lowest BCUT2D eigenvalue weighted by Crippen LogP contribution is -2.27. The molecule has 1 amide bonds. The van der Waals surface area contributed by atoms with Gasteiger partial charge in [0.25, 0.3) is 11.6 Å². The zero-order valence-electron chi connectivity index (χ0n) is 13.7. The number of ether oxygens (including phenoxy) is 1. The molecule has 1 heterocycles. The lowest BCUT2D eigenvalue weighted by Gasteiger charge is -2.14. The molecule has 2 aromatic carbocycles. The van der Waals surface area contributed by atoms with Crippen molar-refractivity contribution in [3.05, 3.63) is 74.7 Å². The number of hydrogen-bond acceptors (Lipinski definition) is 6. The number of non-ortho nitro benzene ring substituents is 1. The normalized spacial score (nSPS) is 15.6. The summed E-state index contributed by atoms with van der Waals surface area (Å²) in [5.41, 5.74) is 1.50. The zero-order chi connectivity index (χ0) is 18.7. The first-order valence-corrected chi connectivity index (χ1v) is 8.83. The molecule has 26 heavy (non-hydrogen) atoms. The van der Waals surface area contributed by atoms with Gasteiger partial charge in [-0.3, -0.25) is 19.8 Å². The molecule has 0 N–H and O–H groups in total. The fraction of sp³-hybridized carbons (Fsp3) is 0.111. The Morgan fingerprint density at radius 1 is 1.27 bits per heavy atom. The van der Waals surface area contributed by atoms with Crippen molar-refractivity contribution >= 4 is 46.0 Å². The number of carbonyl (C=O) groups excluding carboxylic acids is 1. The van der Waals surface area contributed by atoms with E-state index in [1.54, 1.807) is 25.3 Å². The number of hydrogen-bond donors (Lipinski definition) is 0. The van der Waals surface area contributed by atoms with E-state index in [9.17, 15) is 14.9 Å². The molecule has 132 valence electrons. The summed E-state index contributed by atoms with van der Waals surface area (Å²) >= 11 is 6.51. The highest BCUT2D eigenvalue weighted by Crippen LogP contribution is 2.34. The SMILES string of the molecule is COc1ccc(CN2C(=O)C(=Cc3cccc([N+](=O)[O-])c3)SC2=S)cc1.